The molecule has 1 spiro atoms. The number of anilines is 1. The van der Waals surface area contributed by atoms with Crippen LogP contribution in [0.3, 0.4) is 0 Å². The second kappa shape index (κ2) is 7.59. The van der Waals surface area contributed by atoms with E-state index in [1.807, 2.05) is 17.1 Å². The zero-order valence-electron chi connectivity index (χ0n) is 17.1. The molecule has 156 valence electrons. The van der Waals surface area contributed by atoms with Crippen LogP contribution in [0, 0.1) is 5.92 Å². The molecule has 8 heteroatoms. The van der Waals surface area contributed by atoms with E-state index in [1.54, 1.807) is 7.11 Å². The topological polar surface area (TPSA) is 82.5 Å². The van der Waals surface area contributed by atoms with Gasteiger partial charge in [-0.2, -0.15) is 5.10 Å². The van der Waals surface area contributed by atoms with Crippen molar-refractivity contribution >= 4 is 22.4 Å². The molecule has 5 rings (SSSR count). The minimum Gasteiger partial charge on any atom is -0.384 e. The highest BCUT2D eigenvalue weighted by Crippen LogP contribution is 2.46. The highest BCUT2D eigenvalue weighted by molar-refractivity contribution is 5.95. The van der Waals surface area contributed by atoms with Gasteiger partial charge in [0.25, 0.3) is 0 Å². The van der Waals surface area contributed by atoms with Gasteiger partial charge >= 0.3 is 0 Å². The first-order chi connectivity index (χ1) is 14.2. The number of methoxy groups -OCH3 is 1. The zero-order valence-corrected chi connectivity index (χ0v) is 17.1. The molecule has 29 heavy (non-hydrogen) atoms. The Balaban J connectivity index is 1.49. The van der Waals surface area contributed by atoms with Crippen molar-refractivity contribution < 1.29 is 14.3 Å². The molecule has 0 radical (unpaired) electrons. The van der Waals surface area contributed by atoms with Gasteiger partial charge < -0.3 is 14.8 Å². The van der Waals surface area contributed by atoms with Gasteiger partial charge in [-0.25, -0.2) is 9.67 Å². The van der Waals surface area contributed by atoms with E-state index in [4.69, 9.17) is 19.3 Å². The van der Waals surface area contributed by atoms with Crippen molar-refractivity contribution in [3.8, 4) is 0 Å². The van der Waals surface area contributed by atoms with Gasteiger partial charge in [0.1, 0.15) is 5.60 Å². The quantitative estimate of drug-likeness (QED) is 0.773. The fourth-order valence-electron chi connectivity index (χ4n) is 4.75. The molecule has 2 fully saturated rings. The molecule has 2 aromatic rings. The monoisotopic (exact) mass is 399 g/mol. The van der Waals surface area contributed by atoms with Crippen LogP contribution in [0.15, 0.2) is 18.5 Å². The molecule has 0 aromatic carbocycles. The average Bonchev–Trinajstić information content (AvgIpc) is 3.34. The summed E-state index contributed by atoms with van der Waals surface area (Å²) in [5.41, 5.74) is 6.95. The van der Waals surface area contributed by atoms with Crippen molar-refractivity contribution in [1.29, 1.82) is 0 Å². The third kappa shape index (κ3) is 3.39. The SMILES string of the molecule is CCn1ncc2c(NC3CCOCC3)c(C3=CC4(CC(COC)C4)ON3)cnc21. The van der Waals surface area contributed by atoms with Crippen LogP contribution in [0.25, 0.3) is 16.7 Å². The van der Waals surface area contributed by atoms with E-state index >= 15 is 0 Å². The summed E-state index contributed by atoms with van der Waals surface area (Å²) in [5.74, 6) is 0.556. The Kier molecular flexibility index (Phi) is 4.93. The lowest BCUT2D eigenvalue weighted by atomic mass is 9.71. The molecule has 2 aliphatic heterocycles. The lowest BCUT2D eigenvalue weighted by molar-refractivity contribution is -0.121. The molecule has 1 aliphatic carbocycles. The van der Waals surface area contributed by atoms with Crippen LogP contribution in [0.1, 0.15) is 38.2 Å². The maximum Gasteiger partial charge on any atom is 0.159 e. The number of aromatic nitrogens is 3. The van der Waals surface area contributed by atoms with Gasteiger partial charge in [-0.3, -0.25) is 10.3 Å². The number of rotatable bonds is 6. The third-order valence-corrected chi connectivity index (χ3v) is 6.27. The molecule has 0 bridgehead atoms. The Bertz CT molecular complexity index is 912. The number of hydroxylamine groups is 1. The summed E-state index contributed by atoms with van der Waals surface area (Å²) in [7, 11) is 1.76. The van der Waals surface area contributed by atoms with Crippen LogP contribution in [-0.4, -0.2) is 53.3 Å². The number of nitrogens with one attached hydrogen (secondary N) is 2. The van der Waals surface area contributed by atoms with E-state index in [9.17, 15) is 0 Å². The Hall–Kier alpha value is -2.16. The third-order valence-electron chi connectivity index (χ3n) is 6.27. The summed E-state index contributed by atoms with van der Waals surface area (Å²) < 4.78 is 12.8. The van der Waals surface area contributed by atoms with Gasteiger partial charge in [0.05, 0.1) is 23.0 Å². The van der Waals surface area contributed by atoms with Crippen LogP contribution in [-0.2, 0) is 20.9 Å². The Morgan fingerprint density at radius 1 is 1.31 bits per heavy atom. The second-order valence-corrected chi connectivity index (χ2v) is 8.33. The highest BCUT2D eigenvalue weighted by Gasteiger charge is 2.48. The second-order valence-electron chi connectivity index (χ2n) is 8.33. The fourth-order valence-corrected chi connectivity index (χ4v) is 4.75. The van der Waals surface area contributed by atoms with Crippen molar-refractivity contribution in [3.05, 3.63) is 24.0 Å². The molecular formula is C21H29N5O3. The number of pyridine rings is 1. The molecule has 0 atom stereocenters. The summed E-state index contributed by atoms with van der Waals surface area (Å²) >= 11 is 0. The number of hydrogen-bond donors (Lipinski definition) is 2. The Labute approximate surface area is 170 Å². The van der Waals surface area contributed by atoms with E-state index in [1.165, 1.54) is 0 Å². The molecule has 1 saturated heterocycles. The smallest absolute Gasteiger partial charge is 0.159 e. The van der Waals surface area contributed by atoms with E-state index in [0.717, 1.165) is 80.0 Å². The first kappa shape index (κ1) is 18.8. The predicted octanol–water partition coefficient (Wildman–Crippen LogP) is 2.71. The van der Waals surface area contributed by atoms with Gasteiger partial charge in [-0.05, 0) is 44.6 Å². The van der Waals surface area contributed by atoms with Gasteiger partial charge in [0.15, 0.2) is 5.65 Å². The lowest BCUT2D eigenvalue weighted by Crippen LogP contribution is -2.45. The average molecular weight is 399 g/mol. The molecule has 3 aliphatic rings. The maximum atomic E-state index is 6.01. The van der Waals surface area contributed by atoms with Crippen LogP contribution in [0.2, 0.25) is 0 Å². The van der Waals surface area contributed by atoms with Crippen molar-refractivity contribution in [2.45, 2.75) is 50.8 Å². The van der Waals surface area contributed by atoms with E-state index in [2.05, 4.69) is 28.9 Å². The van der Waals surface area contributed by atoms with Gasteiger partial charge in [-0.1, -0.05) is 0 Å². The van der Waals surface area contributed by atoms with Crippen molar-refractivity contribution in [1.82, 2.24) is 20.2 Å². The number of nitrogens with zero attached hydrogens (tertiary/aromatic N) is 3. The lowest BCUT2D eigenvalue weighted by Gasteiger charge is -2.41. The molecule has 0 amide bonds. The van der Waals surface area contributed by atoms with Crippen molar-refractivity contribution in [2.75, 3.05) is 32.2 Å². The highest BCUT2D eigenvalue weighted by atomic mass is 16.7. The Morgan fingerprint density at radius 2 is 2.14 bits per heavy atom. The van der Waals surface area contributed by atoms with Crippen LogP contribution in [0.4, 0.5) is 5.69 Å². The van der Waals surface area contributed by atoms with E-state index < -0.39 is 0 Å². The largest absolute Gasteiger partial charge is 0.384 e. The predicted molar refractivity (Wildman–Crippen MR) is 110 cm³/mol. The van der Waals surface area contributed by atoms with Gasteiger partial charge in [-0.15, -0.1) is 0 Å². The molecule has 1 saturated carbocycles. The van der Waals surface area contributed by atoms with Crippen LogP contribution >= 0.6 is 0 Å². The maximum absolute atomic E-state index is 6.01. The van der Waals surface area contributed by atoms with Crippen molar-refractivity contribution in [2.24, 2.45) is 5.92 Å². The number of aryl methyl sites for hydroxylation is 1. The van der Waals surface area contributed by atoms with Crippen molar-refractivity contribution in [3.63, 3.8) is 0 Å². The molecule has 2 aromatic heterocycles. The summed E-state index contributed by atoms with van der Waals surface area (Å²) in [4.78, 5) is 10.7. The van der Waals surface area contributed by atoms with E-state index in [-0.39, 0.29) is 5.60 Å². The van der Waals surface area contributed by atoms with Gasteiger partial charge in [0, 0.05) is 51.3 Å². The number of fused-ring (bicyclic) bond motifs is 1. The molecule has 0 unspecified atom stereocenters. The summed E-state index contributed by atoms with van der Waals surface area (Å²) in [6, 6.07) is 0.379. The van der Waals surface area contributed by atoms with Crippen LogP contribution < -0.4 is 10.8 Å². The first-order valence-electron chi connectivity index (χ1n) is 10.6. The Morgan fingerprint density at radius 3 is 2.90 bits per heavy atom. The van der Waals surface area contributed by atoms with Crippen LogP contribution in [0.5, 0.6) is 0 Å². The fraction of sp³-hybridized carbons (Fsp3) is 0.619. The molecule has 2 N–H and O–H groups in total. The summed E-state index contributed by atoms with van der Waals surface area (Å²) in [5, 5.41) is 9.34. The summed E-state index contributed by atoms with van der Waals surface area (Å²) in [6.07, 6.45) is 10.0. The molecule has 4 heterocycles. The minimum atomic E-state index is -0.225. The number of hydrogen-bond acceptors (Lipinski definition) is 7. The standard InChI is InChI=1S/C21H29N5O3/c1-3-26-20-17(12-23-26)19(24-15-4-6-28-7-5-15)16(11-22-20)18-10-21(29-25-18)8-14(9-21)13-27-2/h10-12,14-15,25H,3-9,13H2,1-2H3,(H,22,24). The molecule has 8 nitrogen and oxygen atoms in total. The van der Waals surface area contributed by atoms with Gasteiger partial charge in [0.2, 0.25) is 0 Å². The zero-order chi connectivity index (χ0) is 19.8. The van der Waals surface area contributed by atoms with E-state index in [0.29, 0.717) is 12.0 Å². The number of ether oxygens (including phenoxy) is 2. The first-order valence-corrected chi connectivity index (χ1v) is 10.6. The normalized spacial score (nSPS) is 27.1. The minimum absolute atomic E-state index is 0.225. The molecular weight excluding hydrogens is 370 g/mol. The summed E-state index contributed by atoms with van der Waals surface area (Å²) in [6.45, 7) is 5.25.